The molecule has 2 rings (SSSR count). The summed E-state index contributed by atoms with van der Waals surface area (Å²) in [4.78, 5) is 11.3. The number of hydrogen-bond acceptors (Lipinski definition) is 4. The second kappa shape index (κ2) is 8.29. The Morgan fingerprint density at radius 3 is 2.57 bits per heavy atom. The predicted octanol–water partition coefficient (Wildman–Crippen LogP) is 3.06. The number of benzene rings is 2. The summed E-state index contributed by atoms with van der Waals surface area (Å²) >= 11 is 0. The van der Waals surface area contributed by atoms with Gasteiger partial charge < -0.3 is 14.8 Å². The Hall–Kier alpha value is -2.40. The summed E-state index contributed by atoms with van der Waals surface area (Å²) in [5, 5.41) is 3.08. The van der Waals surface area contributed by atoms with Gasteiger partial charge in [-0.2, -0.15) is 0 Å². The van der Waals surface area contributed by atoms with E-state index in [2.05, 4.69) is 10.1 Å². The number of ether oxygens (including phenoxy) is 2. The number of methoxy groups -OCH3 is 1. The van der Waals surface area contributed by atoms with Crippen molar-refractivity contribution in [3.05, 3.63) is 65.5 Å². The van der Waals surface area contributed by atoms with Gasteiger partial charge in [-0.05, 0) is 42.3 Å². The molecule has 0 aromatic heterocycles. The Labute approximate surface area is 135 Å². The molecule has 0 amide bonds. The zero-order chi connectivity index (χ0) is 16.7. The Morgan fingerprint density at radius 1 is 1.17 bits per heavy atom. The first kappa shape index (κ1) is 17.0. The molecule has 1 atom stereocenters. The van der Waals surface area contributed by atoms with Crippen LogP contribution < -0.4 is 10.1 Å². The van der Waals surface area contributed by atoms with Crippen LogP contribution in [0.5, 0.6) is 5.75 Å². The molecule has 2 aromatic carbocycles. The number of esters is 1. The number of halogens is 1. The first-order valence-electron chi connectivity index (χ1n) is 7.36. The molecule has 0 radical (unpaired) electrons. The minimum Gasteiger partial charge on any atom is -0.489 e. The van der Waals surface area contributed by atoms with Gasteiger partial charge in [-0.15, -0.1) is 0 Å². The summed E-state index contributed by atoms with van der Waals surface area (Å²) in [6.45, 7) is 2.62. The summed E-state index contributed by atoms with van der Waals surface area (Å²) in [6.07, 6.45) is 0. The summed E-state index contributed by atoms with van der Waals surface area (Å²) in [7, 11) is 1.37. The lowest BCUT2D eigenvalue weighted by Gasteiger charge is -2.12. The highest BCUT2D eigenvalue weighted by Gasteiger charge is 2.11. The van der Waals surface area contributed by atoms with Crippen LogP contribution in [0.3, 0.4) is 0 Å². The third-order valence-electron chi connectivity index (χ3n) is 3.38. The molecular weight excluding hydrogens is 297 g/mol. The van der Waals surface area contributed by atoms with Gasteiger partial charge in [-0.1, -0.05) is 24.3 Å². The van der Waals surface area contributed by atoms with Crippen LogP contribution in [0.25, 0.3) is 0 Å². The second-order valence-electron chi connectivity index (χ2n) is 5.19. The van der Waals surface area contributed by atoms with Gasteiger partial charge in [-0.25, -0.2) is 4.39 Å². The van der Waals surface area contributed by atoms with E-state index in [1.165, 1.54) is 19.2 Å². The highest BCUT2D eigenvalue weighted by atomic mass is 19.1. The van der Waals surface area contributed by atoms with E-state index in [4.69, 9.17) is 4.74 Å². The van der Waals surface area contributed by atoms with Crippen LogP contribution in [-0.4, -0.2) is 19.1 Å². The van der Waals surface area contributed by atoms with Gasteiger partial charge in [0.2, 0.25) is 0 Å². The molecule has 4 nitrogen and oxygen atoms in total. The first-order valence-corrected chi connectivity index (χ1v) is 7.36. The predicted molar refractivity (Wildman–Crippen MR) is 85.5 cm³/mol. The first-order chi connectivity index (χ1) is 11.1. The molecule has 5 heteroatoms. The van der Waals surface area contributed by atoms with Crippen LogP contribution in [0.15, 0.2) is 48.5 Å². The maximum absolute atomic E-state index is 13.1. The number of carbonyl (C=O) groups is 1. The van der Waals surface area contributed by atoms with Crippen molar-refractivity contribution in [3.63, 3.8) is 0 Å². The van der Waals surface area contributed by atoms with Gasteiger partial charge in [-0.3, -0.25) is 4.79 Å². The minimum atomic E-state index is -0.357. The van der Waals surface area contributed by atoms with Crippen molar-refractivity contribution >= 4 is 5.97 Å². The zero-order valence-corrected chi connectivity index (χ0v) is 13.2. The van der Waals surface area contributed by atoms with Crippen LogP contribution in [0.1, 0.15) is 18.1 Å². The molecule has 0 fully saturated rings. The normalized spacial score (nSPS) is 11.8. The molecule has 0 heterocycles. The van der Waals surface area contributed by atoms with Crippen molar-refractivity contribution in [1.82, 2.24) is 5.32 Å². The highest BCUT2D eigenvalue weighted by Crippen LogP contribution is 2.15. The smallest absolute Gasteiger partial charge is 0.322 e. The molecule has 0 unspecified atom stereocenters. The maximum atomic E-state index is 13.1. The van der Waals surface area contributed by atoms with Gasteiger partial charge in [0.25, 0.3) is 0 Å². The number of carbonyl (C=O) groups excluding carboxylic acids is 1. The van der Waals surface area contributed by atoms with Gasteiger partial charge in [0.15, 0.2) is 0 Å². The van der Waals surface area contributed by atoms with Gasteiger partial charge in [0.05, 0.1) is 7.11 Å². The maximum Gasteiger partial charge on any atom is 0.322 e. The molecule has 0 saturated carbocycles. The monoisotopic (exact) mass is 317 g/mol. The average molecular weight is 317 g/mol. The Balaban J connectivity index is 1.83. The van der Waals surface area contributed by atoms with E-state index in [9.17, 15) is 9.18 Å². The van der Waals surface area contributed by atoms with Crippen LogP contribution in [-0.2, 0) is 22.7 Å². The van der Waals surface area contributed by atoms with Crippen LogP contribution >= 0.6 is 0 Å². The van der Waals surface area contributed by atoms with Crippen molar-refractivity contribution in [2.45, 2.75) is 26.1 Å². The largest absolute Gasteiger partial charge is 0.489 e. The molecular formula is C18H20FNO3. The Kier molecular flexibility index (Phi) is 6.11. The Morgan fingerprint density at radius 2 is 1.91 bits per heavy atom. The Bertz CT molecular complexity index is 643. The van der Waals surface area contributed by atoms with Crippen molar-refractivity contribution in [2.75, 3.05) is 7.11 Å². The van der Waals surface area contributed by atoms with Crippen LogP contribution in [0.4, 0.5) is 4.39 Å². The fraction of sp³-hybridized carbons (Fsp3) is 0.278. The molecule has 0 aliphatic heterocycles. The van der Waals surface area contributed by atoms with Crippen molar-refractivity contribution in [1.29, 1.82) is 0 Å². The average Bonchev–Trinajstić information content (AvgIpc) is 2.58. The third-order valence-corrected chi connectivity index (χ3v) is 3.38. The number of nitrogens with one attached hydrogen (secondary N) is 1. The molecule has 23 heavy (non-hydrogen) atoms. The van der Waals surface area contributed by atoms with E-state index >= 15 is 0 Å². The molecule has 0 bridgehead atoms. The lowest BCUT2D eigenvalue weighted by Crippen LogP contribution is -2.34. The summed E-state index contributed by atoms with van der Waals surface area (Å²) in [5.41, 5.74) is 1.81. The molecule has 0 saturated heterocycles. The van der Waals surface area contributed by atoms with E-state index in [1.54, 1.807) is 13.0 Å². The quantitative estimate of drug-likeness (QED) is 0.797. The zero-order valence-electron chi connectivity index (χ0n) is 13.2. The molecule has 2 aromatic rings. The summed E-state index contributed by atoms with van der Waals surface area (Å²) < 4.78 is 23.4. The van der Waals surface area contributed by atoms with Crippen molar-refractivity contribution in [2.24, 2.45) is 0 Å². The number of rotatable bonds is 7. The lowest BCUT2D eigenvalue weighted by atomic mass is 10.2. The molecule has 122 valence electrons. The highest BCUT2D eigenvalue weighted by molar-refractivity contribution is 5.75. The fourth-order valence-electron chi connectivity index (χ4n) is 2.03. The van der Waals surface area contributed by atoms with E-state index in [0.29, 0.717) is 18.9 Å². The SMILES string of the molecule is COC(=O)[C@@H](C)NCc1ccc(OCc2cccc(F)c2)cc1. The fourth-order valence-corrected chi connectivity index (χ4v) is 2.03. The summed E-state index contributed by atoms with van der Waals surface area (Å²) in [5.74, 6) is 0.145. The third kappa shape index (κ3) is 5.38. The van der Waals surface area contributed by atoms with Crippen LogP contribution in [0, 0.1) is 5.82 Å². The minimum absolute atomic E-state index is 0.271. The van der Waals surface area contributed by atoms with E-state index in [-0.39, 0.29) is 17.8 Å². The molecule has 0 aliphatic rings. The van der Waals surface area contributed by atoms with E-state index in [0.717, 1.165) is 11.1 Å². The van der Waals surface area contributed by atoms with E-state index in [1.807, 2.05) is 30.3 Å². The molecule has 1 N–H and O–H groups in total. The second-order valence-corrected chi connectivity index (χ2v) is 5.19. The van der Waals surface area contributed by atoms with Gasteiger partial charge >= 0.3 is 5.97 Å². The molecule has 0 spiro atoms. The number of hydrogen-bond donors (Lipinski definition) is 1. The van der Waals surface area contributed by atoms with Crippen molar-refractivity contribution in [3.8, 4) is 5.75 Å². The van der Waals surface area contributed by atoms with Gasteiger partial charge in [0, 0.05) is 6.54 Å². The van der Waals surface area contributed by atoms with Gasteiger partial charge in [0.1, 0.15) is 24.2 Å². The van der Waals surface area contributed by atoms with Crippen LogP contribution in [0.2, 0.25) is 0 Å². The molecule has 0 aliphatic carbocycles. The topological polar surface area (TPSA) is 47.6 Å². The van der Waals surface area contributed by atoms with Crippen molar-refractivity contribution < 1.29 is 18.7 Å². The van der Waals surface area contributed by atoms with E-state index < -0.39 is 0 Å². The summed E-state index contributed by atoms with van der Waals surface area (Å²) in [6, 6.07) is 13.5. The standard InChI is InChI=1S/C18H20FNO3/c1-13(18(21)22-2)20-11-14-6-8-17(9-7-14)23-12-15-4-3-5-16(19)10-15/h3-10,13,20H,11-12H2,1-2H3/t13-/m1/s1. The lowest BCUT2D eigenvalue weighted by molar-refractivity contribution is -0.142.